The summed E-state index contributed by atoms with van der Waals surface area (Å²) in [7, 11) is 2.01. The maximum atomic E-state index is 12.9. The van der Waals surface area contributed by atoms with E-state index in [1.807, 2.05) is 37.4 Å². The Morgan fingerprint density at radius 3 is 2.59 bits per heavy atom. The molecule has 1 aliphatic heterocycles. The van der Waals surface area contributed by atoms with Crippen LogP contribution < -0.4 is 15.5 Å². The first-order chi connectivity index (χ1) is 13.9. The Balaban J connectivity index is 1.42. The number of para-hydroxylation sites is 1. The van der Waals surface area contributed by atoms with Gasteiger partial charge in [0.25, 0.3) is 5.91 Å². The molecular formula is C22H32N4O3. The van der Waals surface area contributed by atoms with Crippen molar-refractivity contribution in [2.45, 2.75) is 51.0 Å². The van der Waals surface area contributed by atoms with Gasteiger partial charge in [-0.2, -0.15) is 0 Å². The molecule has 0 bridgehead atoms. The first kappa shape index (κ1) is 21.1. The molecule has 1 spiro atoms. The number of nitrogens with one attached hydrogen (secondary N) is 2. The summed E-state index contributed by atoms with van der Waals surface area (Å²) in [6.07, 6.45) is 5.10. The highest BCUT2D eigenvalue weighted by Gasteiger charge is 2.52. The number of carbonyl (C=O) groups is 3. The van der Waals surface area contributed by atoms with Gasteiger partial charge in [0, 0.05) is 25.8 Å². The normalized spacial score (nSPS) is 23.9. The van der Waals surface area contributed by atoms with E-state index in [4.69, 9.17) is 0 Å². The summed E-state index contributed by atoms with van der Waals surface area (Å²) in [4.78, 5) is 40.7. The van der Waals surface area contributed by atoms with Crippen LogP contribution in [0.2, 0.25) is 0 Å². The molecule has 0 atom stereocenters. The van der Waals surface area contributed by atoms with Crippen molar-refractivity contribution in [3.63, 3.8) is 0 Å². The number of urea groups is 1. The molecule has 3 rings (SSSR count). The number of benzene rings is 1. The van der Waals surface area contributed by atoms with Gasteiger partial charge in [0.05, 0.1) is 0 Å². The lowest BCUT2D eigenvalue weighted by atomic mass is 9.75. The molecule has 0 aromatic heterocycles. The van der Waals surface area contributed by atoms with Gasteiger partial charge in [0.1, 0.15) is 12.1 Å². The van der Waals surface area contributed by atoms with Crippen molar-refractivity contribution >= 4 is 23.5 Å². The predicted molar refractivity (Wildman–Crippen MR) is 113 cm³/mol. The summed E-state index contributed by atoms with van der Waals surface area (Å²) in [6.45, 7) is 3.25. The molecule has 0 radical (unpaired) electrons. The number of carbonyl (C=O) groups excluding carboxylic acids is 3. The van der Waals surface area contributed by atoms with Crippen LogP contribution in [0.15, 0.2) is 30.3 Å². The SMILES string of the molecule is CCC1CCC2(CC1)NC(=O)N(CC(=O)NCCCN(C)c1ccccc1)C2=O. The second kappa shape index (κ2) is 9.29. The standard InChI is InChI=1S/C22H32N4O3/c1-3-17-10-12-22(13-11-17)20(28)26(21(29)24-22)16-19(27)23-14-7-15-25(2)18-8-5-4-6-9-18/h4-6,8-9,17H,3,7,10-16H2,1-2H3,(H,23,27)(H,24,29). The van der Waals surface area contributed by atoms with Crippen LogP contribution in [0.3, 0.4) is 0 Å². The zero-order chi connectivity index (χ0) is 20.9. The Morgan fingerprint density at radius 1 is 1.24 bits per heavy atom. The lowest BCUT2D eigenvalue weighted by Gasteiger charge is -2.34. The van der Waals surface area contributed by atoms with Crippen LogP contribution in [-0.2, 0) is 9.59 Å². The molecule has 1 saturated heterocycles. The predicted octanol–water partition coefficient (Wildman–Crippen LogP) is 2.52. The lowest BCUT2D eigenvalue weighted by Crippen LogP contribution is -2.50. The smallest absolute Gasteiger partial charge is 0.325 e. The fraction of sp³-hybridized carbons (Fsp3) is 0.591. The summed E-state index contributed by atoms with van der Waals surface area (Å²) in [5.74, 6) is 0.0860. The molecule has 1 aromatic carbocycles. The highest BCUT2D eigenvalue weighted by molar-refractivity contribution is 6.09. The van der Waals surface area contributed by atoms with E-state index >= 15 is 0 Å². The average molecular weight is 401 g/mol. The maximum absolute atomic E-state index is 12.9. The Labute approximate surface area is 172 Å². The Hall–Kier alpha value is -2.57. The highest BCUT2D eigenvalue weighted by Crippen LogP contribution is 2.37. The van der Waals surface area contributed by atoms with E-state index < -0.39 is 11.6 Å². The van der Waals surface area contributed by atoms with Gasteiger partial charge in [-0.3, -0.25) is 14.5 Å². The Bertz CT molecular complexity index is 729. The van der Waals surface area contributed by atoms with E-state index in [0.29, 0.717) is 25.3 Å². The van der Waals surface area contributed by atoms with E-state index in [1.165, 1.54) is 0 Å². The van der Waals surface area contributed by atoms with Gasteiger partial charge < -0.3 is 15.5 Å². The van der Waals surface area contributed by atoms with Gasteiger partial charge in [-0.25, -0.2) is 4.79 Å². The summed E-state index contributed by atoms with van der Waals surface area (Å²) >= 11 is 0. The van der Waals surface area contributed by atoms with Crippen LogP contribution >= 0.6 is 0 Å². The van der Waals surface area contributed by atoms with Crippen LogP contribution in [-0.4, -0.2) is 55.0 Å². The van der Waals surface area contributed by atoms with Gasteiger partial charge >= 0.3 is 6.03 Å². The molecule has 2 N–H and O–H groups in total. The molecule has 2 fully saturated rings. The first-order valence-corrected chi connectivity index (χ1v) is 10.6. The Morgan fingerprint density at radius 2 is 1.93 bits per heavy atom. The minimum Gasteiger partial charge on any atom is -0.375 e. The van der Waals surface area contributed by atoms with E-state index in [1.54, 1.807) is 0 Å². The van der Waals surface area contributed by atoms with Gasteiger partial charge in [-0.1, -0.05) is 31.5 Å². The van der Waals surface area contributed by atoms with Crippen LogP contribution in [0.4, 0.5) is 10.5 Å². The first-order valence-electron chi connectivity index (χ1n) is 10.6. The number of hydrogen-bond acceptors (Lipinski definition) is 4. The molecule has 158 valence electrons. The van der Waals surface area contributed by atoms with Crippen molar-refractivity contribution in [2.75, 3.05) is 31.6 Å². The molecular weight excluding hydrogens is 368 g/mol. The lowest BCUT2D eigenvalue weighted by molar-refractivity contribution is -0.136. The van der Waals surface area contributed by atoms with Crippen LogP contribution in [0.25, 0.3) is 0 Å². The average Bonchev–Trinajstić information content (AvgIpc) is 2.96. The van der Waals surface area contributed by atoms with Gasteiger partial charge in [-0.15, -0.1) is 0 Å². The number of rotatable bonds is 8. The molecule has 4 amide bonds. The summed E-state index contributed by atoms with van der Waals surface area (Å²) in [5.41, 5.74) is 0.336. The number of imide groups is 1. The molecule has 7 heteroatoms. The van der Waals surface area contributed by atoms with E-state index in [9.17, 15) is 14.4 Å². The largest absolute Gasteiger partial charge is 0.375 e. The van der Waals surface area contributed by atoms with E-state index in [0.717, 1.165) is 42.8 Å². The second-order valence-electron chi connectivity index (χ2n) is 8.22. The minimum absolute atomic E-state index is 0.210. The third-order valence-electron chi connectivity index (χ3n) is 6.27. The van der Waals surface area contributed by atoms with Crippen LogP contribution in [0, 0.1) is 5.92 Å². The van der Waals surface area contributed by atoms with Crippen molar-refractivity contribution < 1.29 is 14.4 Å². The fourth-order valence-corrected chi connectivity index (χ4v) is 4.29. The maximum Gasteiger partial charge on any atom is 0.325 e. The number of hydrogen-bond donors (Lipinski definition) is 2. The van der Waals surface area contributed by atoms with Gasteiger partial charge in [0.2, 0.25) is 5.91 Å². The van der Waals surface area contributed by atoms with Crippen molar-refractivity contribution in [2.24, 2.45) is 5.92 Å². The van der Waals surface area contributed by atoms with Gasteiger partial charge in [0.15, 0.2) is 0 Å². The minimum atomic E-state index is -0.790. The van der Waals surface area contributed by atoms with Crippen LogP contribution in [0.1, 0.15) is 45.4 Å². The third kappa shape index (κ3) is 4.89. The zero-order valence-corrected chi connectivity index (χ0v) is 17.4. The topological polar surface area (TPSA) is 81.8 Å². The molecule has 0 unspecified atom stereocenters. The molecule has 29 heavy (non-hydrogen) atoms. The molecule has 1 saturated carbocycles. The van der Waals surface area contributed by atoms with E-state index in [-0.39, 0.29) is 18.4 Å². The molecule has 1 heterocycles. The number of nitrogens with zero attached hydrogens (tertiary/aromatic N) is 2. The molecule has 7 nitrogen and oxygen atoms in total. The summed E-state index contributed by atoms with van der Waals surface area (Å²) in [5, 5.41) is 5.70. The highest BCUT2D eigenvalue weighted by atomic mass is 16.2. The molecule has 2 aliphatic rings. The van der Waals surface area contributed by atoms with Gasteiger partial charge in [-0.05, 0) is 50.2 Å². The zero-order valence-electron chi connectivity index (χ0n) is 17.4. The summed E-state index contributed by atoms with van der Waals surface area (Å²) in [6, 6.07) is 9.61. The number of amides is 4. The quantitative estimate of drug-likeness (QED) is 0.519. The van der Waals surface area contributed by atoms with Crippen molar-refractivity contribution in [1.29, 1.82) is 0 Å². The number of anilines is 1. The van der Waals surface area contributed by atoms with Crippen molar-refractivity contribution in [1.82, 2.24) is 15.5 Å². The fourth-order valence-electron chi connectivity index (χ4n) is 4.29. The Kier molecular flexibility index (Phi) is 6.77. The van der Waals surface area contributed by atoms with Crippen molar-refractivity contribution in [3.05, 3.63) is 30.3 Å². The second-order valence-corrected chi connectivity index (χ2v) is 8.22. The monoisotopic (exact) mass is 400 g/mol. The molecule has 1 aliphatic carbocycles. The van der Waals surface area contributed by atoms with E-state index in [2.05, 4.69) is 22.5 Å². The molecule has 1 aromatic rings. The summed E-state index contributed by atoms with van der Waals surface area (Å²) < 4.78 is 0. The van der Waals surface area contributed by atoms with Crippen LogP contribution in [0.5, 0.6) is 0 Å². The van der Waals surface area contributed by atoms with Crippen molar-refractivity contribution in [3.8, 4) is 0 Å². The third-order valence-corrected chi connectivity index (χ3v) is 6.27.